The Morgan fingerprint density at radius 1 is 0.852 bits per heavy atom. The molecule has 0 aliphatic rings. The number of benzene rings is 2. The van der Waals surface area contributed by atoms with E-state index in [-0.39, 0.29) is 11.3 Å². The number of para-hydroxylation sites is 1. The maximum absolute atomic E-state index is 13.9. The Bertz CT molecular complexity index is 1030. The molecule has 4 rings (SSSR count). The van der Waals surface area contributed by atoms with Crippen LogP contribution in [0.5, 0.6) is 0 Å². The van der Waals surface area contributed by atoms with Gasteiger partial charge < -0.3 is 0 Å². The molecule has 0 bridgehead atoms. The SMILES string of the molecule is Fc1cccc(F)c1CSc1nnc(-c2cccnc2)n1-c1ccccc1. The van der Waals surface area contributed by atoms with E-state index in [1.165, 1.54) is 30.0 Å². The lowest BCUT2D eigenvalue weighted by molar-refractivity contribution is 0.566. The molecule has 0 amide bonds. The van der Waals surface area contributed by atoms with E-state index >= 15 is 0 Å². The third-order valence-corrected chi connectivity index (χ3v) is 4.93. The van der Waals surface area contributed by atoms with Gasteiger partial charge in [-0.2, -0.15) is 0 Å². The lowest BCUT2D eigenvalue weighted by Gasteiger charge is -2.10. The Morgan fingerprint density at radius 2 is 1.63 bits per heavy atom. The molecule has 0 unspecified atom stereocenters. The number of halogens is 2. The topological polar surface area (TPSA) is 43.6 Å². The van der Waals surface area contributed by atoms with Gasteiger partial charge in [-0.05, 0) is 36.4 Å². The maximum Gasteiger partial charge on any atom is 0.196 e. The largest absolute Gasteiger partial charge is 0.270 e. The fourth-order valence-corrected chi connectivity index (χ4v) is 3.63. The van der Waals surface area contributed by atoms with Gasteiger partial charge in [0.1, 0.15) is 11.6 Å². The third-order valence-electron chi connectivity index (χ3n) is 3.97. The van der Waals surface area contributed by atoms with Gasteiger partial charge in [0.2, 0.25) is 0 Å². The summed E-state index contributed by atoms with van der Waals surface area (Å²) in [4.78, 5) is 4.13. The first-order valence-electron chi connectivity index (χ1n) is 8.21. The lowest BCUT2D eigenvalue weighted by Crippen LogP contribution is -2.00. The number of pyridine rings is 1. The summed E-state index contributed by atoms with van der Waals surface area (Å²) in [5.41, 5.74) is 1.68. The maximum atomic E-state index is 13.9. The third kappa shape index (κ3) is 3.59. The summed E-state index contributed by atoms with van der Waals surface area (Å²) in [6, 6.07) is 17.2. The van der Waals surface area contributed by atoms with Gasteiger partial charge >= 0.3 is 0 Å². The molecule has 0 spiro atoms. The predicted octanol–water partition coefficient (Wildman–Crippen LogP) is 4.90. The molecule has 0 aliphatic heterocycles. The monoisotopic (exact) mass is 380 g/mol. The second kappa shape index (κ2) is 7.67. The molecule has 0 radical (unpaired) electrons. The van der Waals surface area contributed by atoms with Crippen molar-refractivity contribution in [3.05, 3.63) is 90.3 Å². The van der Waals surface area contributed by atoms with Crippen LogP contribution < -0.4 is 0 Å². The Balaban J connectivity index is 1.74. The number of hydrogen-bond acceptors (Lipinski definition) is 4. The van der Waals surface area contributed by atoms with Crippen molar-refractivity contribution in [2.75, 3.05) is 0 Å². The first-order chi connectivity index (χ1) is 13.2. The smallest absolute Gasteiger partial charge is 0.196 e. The van der Waals surface area contributed by atoms with Gasteiger partial charge in [0.05, 0.1) is 0 Å². The fourth-order valence-electron chi connectivity index (χ4n) is 2.66. The highest BCUT2D eigenvalue weighted by molar-refractivity contribution is 7.98. The molecular formula is C20H14F2N4S. The van der Waals surface area contributed by atoms with Crippen molar-refractivity contribution in [3.63, 3.8) is 0 Å². The standard InChI is InChI=1S/C20H14F2N4S/c21-17-9-4-10-18(22)16(17)13-27-20-25-24-19(14-6-5-11-23-12-14)26(20)15-7-2-1-3-8-15/h1-12H,13H2. The summed E-state index contributed by atoms with van der Waals surface area (Å²) < 4.78 is 29.7. The molecule has 7 heteroatoms. The molecule has 134 valence electrons. The van der Waals surface area contributed by atoms with E-state index < -0.39 is 11.6 Å². The molecule has 4 nitrogen and oxygen atoms in total. The molecule has 0 atom stereocenters. The van der Waals surface area contributed by atoms with Crippen LogP contribution in [0, 0.1) is 11.6 Å². The van der Waals surface area contributed by atoms with Crippen LogP contribution >= 0.6 is 11.8 Å². The molecule has 27 heavy (non-hydrogen) atoms. The van der Waals surface area contributed by atoms with Crippen LogP contribution in [0.25, 0.3) is 17.1 Å². The van der Waals surface area contributed by atoms with Crippen LogP contribution in [0.4, 0.5) is 8.78 Å². The normalized spacial score (nSPS) is 10.9. The van der Waals surface area contributed by atoms with Crippen LogP contribution in [0.1, 0.15) is 5.56 Å². The molecule has 0 aliphatic carbocycles. The van der Waals surface area contributed by atoms with Crippen LogP contribution in [0.15, 0.2) is 78.2 Å². The van der Waals surface area contributed by atoms with E-state index in [1.807, 2.05) is 47.0 Å². The molecular weight excluding hydrogens is 366 g/mol. The van der Waals surface area contributed by atoms with Gasteiger partial charge in [0.25, 0.3) is 0 Å². The fraction of sp³-hybridized carbons (Fsp3) is 0.0500. The minimum absolute atomic E-state index is 0.0213. The summed E-state index contributed by atoms with van der Waals surface area (Å²) in [6.07, 6.45) is 3.39. The molecule has 2 aromatic carbocycles. The number of nitrogens with zero attached hydrogens (tertiary/aromatic N) is 4. The molecule has 0 N–H and O–H groups in total. The summed E-state index contributed by atoms with van der Waals surface area (Å²) in [5.74, 6) is -0.413. The van der Waals surface area contributed by atoms with E-state index in [4.69, 9.17) is 0 Å². The highest BCUT2D eigenvalue weighted by Gasteiger charge is 2.18. The summed E-state index contributed by atoms with van der Waals surface area (Å²) >= 11 is 1.23. The van der Waals surface area contributed by atoms with Crippen molar-refractivity contribution in [2.45, 2.75) is 10.9 Å². The highest BCUT2D eigenvalue weighted by atomic mass is 32.2. The van der Waals surface area contributed by atoms with Gasteiger partial charge in [-0.1, -0.05) is 36.0 Å². The van der Waals surface area contributed by atoms with Gasteiger partial charge in [-0.3, -0.25) is 9.55 Å². The molecule has 0 saturated heterocycles. The number of aromatic nitrogens is 4. The Morgan fingerprint density at radius 3 is 2.33 bits per heavy atom. The first kappa shape index (κ1) is 17.4. The summed E-state index contributed by atoms with van der Waals surface area (Å²) in [7, 11) is 0. The second-order valence-corrected chi connectivity index (χ2v) is 6.65. The minimum atomic E-state index is -0.569. The Kier molecular flexibility index (Phi) is 4.93. The number of hydrogen-bond donors (Lipinski definition) is 0. The molecule has 0 fully saturated rings. The molecule has 0 saturated carbocycles. The lowest BCUT2D eigenvalue weighted by atomic mass is 10.2. The highest BCUT2D eigenvalue weighted by Crippen LogP contribution is 2.30. The van der Waals surface area contributed by atoms with Gasteiger partial charge in [-0.15, -0.1) is 10.2 Å². The summed E-state index contributed by atoms with van der Waals surface area (Å²) in [6.45, 7) is 0. The van der Waals surface area contributed by atoms with Crippen molar-refractivity contribution in [3.8, 4) is 17.1 Å². The van der Waals surface area contributed by atoms with E-state index in [9.17, 15) is 8.78 Å². The molecule has 2 aromatic heterocycles. The zero-order chi connectivity index (χ0) is 18.6. The van der Waals surface area contributed by atoms with Gasteiger partial charge in [-0.25, -0.2) is 8.78 Å². The van der Waals surface area contributed by atoms with Crippen molar-refractivity contribution in [1.82, 2.24) is 19.7 Å². The quantitative estimate of drug-likeness (QED) is 0.462. The minimum Gasteiger partial charge on any atom is -0.270 e. The summed E-state index contributed by atoms with van der Waals surface area (Å²) in [5, 5.41) is 9.08. The second-order valence-electron chi connectivity index (χ2n) is 5.71. The van der Waals surface area contributed by atoms with E-state index in [0.717, 1.165) is 11.3 Å². The van der Waals surface area contributed by atoms with Crippen LogP contribution in [-0.2, 0) is 5.75 Å². The van der Waals surface area contributed by atoms with Gasteiger partial charge in [0, 0.05) is 35.0 Å². The average molecular weight is 380 g/mol. The predicted molar refractivity (Wildman–Crippen MR) is 101 cm³/mol. The first-order valence-corrected chi connectivity index (χ1v) is 9.19. The van der Waals surface area contributed by atoms with Gasteiger partial charge in [0.15, 0.2) is 11.0 Å². The Labute approximate surface area is 158 Å². The van der Waals surface area contributed by atoms with E-state index in [1.54, 1.807) is 12.4 Å². The molecule has 2 heterocycles. The average Bonchev–Trinajstić information content (AvgIpc) is 3.13. The van der Waals surface area contributed by atoms with Crippen molar-refractivity contribution < 1.29 is 8.78 Å². The van der Waals surface area contributed by atoms with E-state index in [0.29, 0.717) is 11.0 Å². The number of rotatable bonds is 5. The van der Waals surface area contributed by atoms with Crippen LogP contribution in [-0.4, -0.2) is 19.7 Å². The Hall–Kier alpha value is -3.06. The zero-order valence-electron chi connectivity index (χ0n) is 14.1. The number of thioether (sulfide) groups is 1. The van der Waals surface area contributed by atoms with E-state index in [2.05, 4.69) is 15.2 Å². The zero-order valence-corrected chi connectivity index (χ0v) is 14.9. The molecule has 4 aromatic rings. The van der Waals surface area contributed by atoms with Crippen molar-refractivity contribution >= 4 is 11.8 Å². The van der Waals surface area contributed by atoms with Crippen molar-refractivity contribution in [1.29, 1.82) is 0 Å². The van der Waals surface area contributed by atoms with Crippen LogP contribution in [0.3, 0.4) is 0 Å². The van der Waals surface area contributed by atoms with Crippen molar-refractivity contribution in [2.24, 2.45) is 0 Å². The van der Waals surface area contributed by atoms with Crippen LogP contribution in [0.2, 0.25) is 0 Å².